The summed E-state index contributed by atoms with van der Waals surface area (Å²) in [5, 5.41) is 2.15. The lowest BCUT2D eigenvalue weighted by atomic mass is 9.96. The Bertz CT molecular complexity index is 359. The summed E-state index contributed by atoms with van der Waals surface area (Å²) < 4.78 is 2.39. The van der Waals surface area contributed by atoms with Gasteiger partial charge in [-0.15, -0.1) is 0 Å². The lowest BCUT2D eigenvalue weighted by Gasteiger charge is -2.32. The van der Waals surface area contributed by atoms with E-state index >= 15 is 0 Å². The fraction of sp³-hybridized carbons (Fsp3) is 0.385. The Morgan fingerprint density at radius 2 is 2.20 bits per heavy atom. The Labute approximate surface area is 96.3 Å². The summed E-state index contributed by atoms with van der Waals surface area (Å²) in [6, 6.07) is 8.72. The van der Waals surface area contributed by atoms with Gasteiger partial charge in [0.2, 0.25) is 0 Å². The van der Waals surface area contributed by atoms with Crippen molar-refractivity contribution in [3.63, 3.8) is 0 Å². The highest BCUT2D eigenvalue weighted by atomic mass is 32.2. The molecule has 0 aromatic heterocycles. The zero-order chi connectivity index (χ0) is 10.7. The number of para-hydroxylation sites is 1. The maximum absolute atomic E-state index is 2.39. The molecule has 2 heteroatoms. The average molecular weight is 219 g/mol. The Morgan fingerprint density at radius 3 is 3.00 bits per heavy atom. The summed E-state index contributed by atoms with van der Waals surface area (Å²) in [4.78, 5) is 0. The number of nitrogens with zero attached hydrogens (tertiary/aromatic N) is 1. The number of fused-ring (bicyclic) bond motifs is 1. The van der Waals surface area contributed by atoms with Gasteiger partial charge in [0.25, 0.3) is 0 Å². The van der Waals surface area contributed by atoms with Crippen molar-refractivity contribution in [1.29, 1.82) is 0 Å². The van der Waals surface area contributed by atoms with Crippen molar-refractivity contribution in [3.05, 3.63) is 41.3 Å². The van der Waals surface area contributed by atoms with E-state index in [1.165, 1.54) is 17.7 Å². The molecule has 2 rings (SSSR count). The Hall–Kier alpha value is -0.890. The van der Waals surface area contributed by atoms with E-state index in [4.69, 9.17) is 0 Å². The van der Waals surface area contributed by atoms with Crippen molar-refractivity contribution < 1.29 is 0 Å². The summed E-state index contributed by atoms with van der Waals surface area (Å²) in [5.41, 5.74) is 2.87. The molecule has 80 valence electrons. The molecule has 1 aromatic carbocycles. The Kier molecular flexibility index (Phi) is 3.37. The monoisotopic (exact) mass is 219 g/mol. The largest absolute Gasteiger partial charge is 0.312 e. The number of anilines is 1. The number of allylic oxidation sites excluding steroid dienone is 1. The highest BCUT2D eigenvalue weighted by Gasteiger charge is 2.20. The molecule has 0 bridgehead atoms. The second-order valence-electron chi connectivity index (χ2n) is 4.07. The molecule has 15 heavy (non-hydrogen) atoms. The topological polar surface area (TPSA) is 3.24 Å². The lowest BCUT2D eigenvalue weighted by molar-refractivity contribution is 0.576. The number of hydrogen-bond donors (Lipinski definition) is 0. The van der Waals surface area contributed by atoms with E-state index in [-0.39, 0.29) is 0 Å². The molecule has 1 heterocycles. The van der Waals surface area contributed by atoms with Crippen molar-refractivity contribution >= 4 is 17.6 Å². The standard InChI is InChI=1S/C13H17NS/c1-3-8-15-14-10-11(2)9-12-6-4-5-7-13(12)14/h3-8,11H,9-10H2,1-2H3/b8-3+. The fourth-order valence-electron chi connectivity index (χ4n) is 1.98. The van der Waals surface area contributed by atoms with Crippen LogP contribution in [0.2, 0.25) is 0 Å². The minimum Gasteiger partial charge on any atom is -0.312 e. The van der Waals surface area contributed by atoms with Crippen LogP contribution in [0.4, 0.5) is 5.69 Å². The predicted molar refractivity (Wildman–Crippen MR) is 69.1 cm³/mol. The molecule has 1 nitrogen and oxygen atoms in total. The molecule has 0 aliphatic carbocycles. The lowest BCUT2D eigenvalue weighted by Crippen LogP contribution is -2.28. The van der Waals surface area contributed by atoms with Crippen LogP contribution >= 0.6 is 11.9 Å². The van der Waals surface area contributed by atoms with Gasteiger partial charge in [-0.05, 0) is 48.2 Å². The van der Waals surface area contributed by atoms with Crippen LogP contribution in [0.5, 0.6) is 0 Å². The second kappa shape index (κ2) is 4.75. The van der Waals surface area contributed by atoms with E-state index in [2.05, 4.69) is 53.9 Å². The summed E-state index contributed by atoms with van der Waals surface area (Å²) in [6.45, 7) is 5.53. The highest BCUT2D eigenvalue weighted by molar-refractivity contribution is 8.03. The summed E-state index contributed by atoms with van der Waals surface area (Å²) >= 11 is 1.80. The van der Waals surface area contributed by atoms with Gasteiger partial charge < -0.3 is 4.31 Å². The van der Waals surface area contributed by atoms with Crippen LogP contribution in [-0.2, 0) is 6.42 Å². The quantitative estimate of drug-likeness (QED) is 0.695. The van der Waals surface area contributed by atoms with E-state index in [0.29, 0.717) is 0 Å². The normalized spacial score (nSPS) is 20.7. The molecular formula is C13H17NS. The minimum absolute atomic E-state index is 0.748. The minimum atomic E-state index is 0.748. The van der Waals surface area contributed by atoms with Crippen LogP contribution in [0.25, 0.3) is 0 Å². The van der Waals surface area contributed by atoms with Gasteiger partial charge in [0.05, 0.1) is 5.69 Å². The molecule has 1 unspecified atom stereocenters. The number of hydrogen-bond acceptors (Lipinski definition) is 2. The first-order valence-electron chi connectivity index (χ1n) is 5.44. The molecule has 0 amide bonds. The Morgan fingerprint density at radius 1 is 1.40 bits per heavy atom. The van der Waals surface area contributed by atoms with Crippen LogP contribution in [0.15, 0.2) is 35.7 Å². The third-order valence-corrected chi connectivity index (χ3v) is 3.62. The van der Waals surface area contributed by atoms with Crippen molar-refractivity contribution in [2.75, 3.05) is 10.8 Å². The van der Waals surface area contributed by atoms with E-state index in [1.807, 2.05) is 0 Å². The van der Waals surface area contributed by atoms with Crippen LogP contribution in [0.1, 0.15) is 19.4 Å². The number of rotatable bonds is 2. The summed E-state index contributed by atoms with van der Waals surface area (Å²) in [5.74, 6) is 0.748. The van der Waals surface area contributed by atoms with Gasteiger partial charge in [0.15, 0.2) is 0 Å². The van der Waals surface area contributed by atoms with Gasteiger partial charge >= 0.3 is 0 Å². The fourth-order valence-corrected chi connectivity index (χ4v) is 2.88. The molecule has 1 aliphatic rings. The van der Waals surface area contributed by atoms with Crippen LogP contribution in [0, 0.1) is 5.92 Å². The third kappa shape index (κ3) is 2.37. The molecule has 0 radical (unpaired) electrons. The second-order valence-corrected chi connectivity index (χ2v) is 5.00. The highest BCUT2D eigenvalue weighted by Crippen LogP contribution is 2.34. The summed E-state index contributed by atoms with van der Waals surface area (Å²) in [7, 11) is 0. The summed E-state index contributed by atoms with van der Waals surface area (Å²) in [6.07, 6.45) is 3.30. The molecular weight excluding hydrogens is 202 g/mol. The molecule has 1 aliphatic heterocycles. The predicted octanol–water partition coefficient (Wildman–Crippen LogP) is 3.87. The van der Waals surface area contributed by atoms with E-state index in [1.54, 1.807) is 11.9 Å². The molecule has 0 spiro atoms. The molecule has 0 saturated heterocycles. The van der Waals surface area contributed by atoms with Crippen LogP contribution in [-0.4, -0.2) is 6.54 Å². The first-order chi connectivity index (χ1) is 7.31. The zero-order valence-electron chi connectivity index (χ0n) is 9.31. The molecule has 1 atom stereocenters. The molecule has 0 saturated carbocycles. The van der Waals surface area contributed by atoms with Gasteiger partial charge in [0.1, 0.15) is 0 Å². The van der Waals surface area contributed by atoms with E-state index in [9.17, 15) is 0 Å². The maximum Gasteiger partial charge on any atom is 0.0505 e. The molecule has 0 fully saturated rings. The van der Waals surface area contributed by atoms with Crippen molar-refractivity contribution in [2.24, 2.45) is 5.92 Å². The number of benzene rings is 1. The van der Waals surface area contributed by atoms with Gasteiger partial charge in [0, 0.05) is 6.54 Å². The average Bonchev–Trinajstić information content (AvgIpc) is 2.25. The van der Waals surface area contributed by atoms with Gasteiger partial charge in [-0.1, -0.05) is 31.2 Å². The Balaban J connectivity index is 2.25. The smallest absolute Gasteiger partial charge is 0.0505 e. The van der Waals surface area contributed by atoms with Gasteiger partial charge in [-0.2, -0.15) is 0 Å². The van der Waals surface area contributed by atoms with E-state index in [0.717, 1.165) is 12.5 Å². The van der Waals surface area contributed by atoms with Crippen LogP contribution < -0.4 is 4.31 Å². The first kappa shape index (κ1) is 10.6. The van der Waals surface area contributed by atoms with Crippen molar-refractivity contribution in [2.45, 2.75) is 20.3 Å². The third-order valence-electron chi connectivity index (χ3n) is 2.63. The SMILES string of the molecule is C/C=C/SN1CC(C)Cc2ccccc21. The van der Waals surface area contributed by atoms with E-state index < -0.39 is 0 Å². The zero-order valence-corrected chi connectivity index (χ0v) is 10.1. The molecule has 0 N–H and O–H groups in total. The van der Waals surface area contributed by atoms with Gasteiger partial charge in [-0.25, -0.2) is 0 Å². The first-order valence-corrected chi connectivity index (χ1v) is 6.28. The molecule has 1 aromatic rings. The van der Waals surface area contributed by atoms with Crippen LogP contribution in [0.3, 0.4) is 0 Å². The van der Waals surface area contributed by atoms with Crippen molar-refractivity contribution in [1.82, 2.24) is 0 Å². The maximum atomic E-state index is 2.39. The van der Waals surface area contributed by atoms with Gasteiger partial charge in [-0.3, -0.25) is 0 Å². The van der Waals surface area contributed by atoms with Crippen molar-refractivity contribution in [3.8, 4) is 0 Å².